The van der Waals surface area contributed by atoms with E-state index in [0.29, 0.717) is 13.1 Å². The van der Waals surface area contributed by atoms with Crippen LogP contribution in [0.4, 0.5) is 5.69 Å². The zero-order valence-electron chi connectivity index (χ0n) is 17.3. The van der Waals surface area contributed by atoms with Crippen molar-refractivity contribution in [3.05, 3.63) is 61.6 Å². The molecule has 0 saturated carbocycles. The summed E-state index contributed by atoms with van der Waals surface area (Å²) in [6.45, 7) is 6.73. The predicted octanol–water partition coefficient (Wildman–Crippen LogP) is 1.56. The summed E-state index contributed by atoms with van der Waals surface area (Å²) in [5, 5.41) is 0.733. The van der Waals surface area contributed by atoms with Crippen LogP contribution in [0.3, 0.4) is 0 Å². The van der Waals surface area contributed by atoms with E-state index in [9.17, 15) is 9.59 Å². The van der Waals surface area contributed by atoms with Gasteiger partial charge in [-0.25, -0.2) is 4.79 Å². The van der Waals surface area contributed by atoms with Crippen molar-refractivity contribution < 1.29 is 0 Å². The van der Waals surface area contributed by atoms with Crippen LogP contribution in [0, 0.1) is 0 Å². The molecule has 0 amide bonds. The first-order valence-electron chi connectivity index (χ1n) is 10.6. The Hall–Kier alpha value is -2.42. The Balaban J connectivity index is 1.30. The number of rotatable bonds is 4. The van der Waals surface area contributed by atoms with Crippen molar-refractivity contribution >= 4 is 27.2 Å². The maximum atomic E-state index is 13.2. The number of benzene rings is 1. The van der Waals surface area contributed by atoms with Crippen LogP contribution in [0.5, 0.6) is 0 Å². The number of nitrogens with one attached hydrogen (secondary N) is 1. The van der Waals surface area contributed by atoms with E-state index in [1.807, 2.05) is 6.07 Å². The molecule has 30 heavy (non-hydrogen) atoms. The Bertz CT molecular complexity index is 1160. The van der Waals surface area contributed by atoms with Crippen molar-refractivity contribution in [1.29, 1.82) is 0 Å². The third-order valence-corrected chi connectivity index (χ3v) is 7.44. The van der Waals surface area contributed by atoms with Gasteiger partial charge in [0.2, 0.25) is 0 Å². The second-order valence-corrected chi connectivity index (χ2v) is 9.35. The molecule has 1 fully saturated rings. The Morgan fingerprint density at radius 1 is 1.00 bits per heavy atom. The average molecular weight is 426 g/mol. The van der Waals surface area contributed by atoms with Gasteiger partial charge < -0.3 is 9.80 Å². The number of H-pyrrole nitrogens is 1. The molecule has 1 N–H and O–H groups in total. The molecule has 1 aromatic carbocycles. The number of nitrogens with zero attached hydrogens (tertiary/aromatic N) is 4. The maximum absolute atomic E-state index is 13.2. The fourth-order valence-electron chi connectivity index (χ4n) is 4.55. The molecule has 2 aliphatic rings. The number of hydrogen-bond donors (Lipinski definition) is 1. The van der Waals surface area contributed by atoms with Crippen molar-refractivity contribution in [2.24, 2.45) is 0 Å². The van der Waals surface area contributed by atoms with Crippen LogP contribution >= 0.6 is 11.3 Å². The lowest BCUT2D eigenvalue weighted by atomic mass is 10.1. The van der Waals surface area contributed by atoms with Crippen LogP contribution in [0.15, 0.2) is 39.9 Å². The van der Waals surface area contributed by atoms with Crippen molar-refractivity contribution in [2.45, 2.75) is 19.5 Å². The van der Waals surface area contributed by atoms with Gasteiger partial charge in [-0.05, 0) is 31.2 Å². The molecule has 2 aliphatic heterocycles. The molecular formula is C22H27N5O2S. The van der Waals surface area contributed by atoms with E-state index in [0.717, 1.165) is 61.5 Å². The minimum absolute atomic E-state index is 0.126. The monoisotopic (exact) mass is 425 g/mol. The fraction of sp³-hybridized carbons (Fsp3) is 0.455. The zero-order chi connectivity index (χ0) is 20.7. The molecule has 8 heteroatoms. The van der Waals surface area contributed by atoms with Gasteiger partial charge in [-0.2, -0.15) is 0 Å². The van der Waals surface area contributed by atoms with Gasteiger partial charge in [0.15, 0.2) is 0 Å². The van der Waals surface area contributed by atoms with E-state index in [1.165, 1.54) is 15.1 Å². The van der Waals surface area contributed by atoms with E-state index in [1.54, 1.807) is 11.3 Å². The van der Waals surface area contributed by atoms with Crippen LogP contribution in [-0.4, -0.2) is 65.7 Å². The number of thiophene rings is 1. The number of piperazine rings is 1. The minimum Gasteiger partial charge on any atom is -0.369 e. The average Bonchev–Trinajstić information content (AvgIpc) is 3.11. The van der Waals surface area contributed by atoms with E-state index in [-0.39, 0.29) is 11.2 Å². The highest BCUT2D eigenvalue weighted by Crippen LogP contribution is 2.31. The molecule has 0 spiro atoms. The lowest BCUT2D eigenvalue weighted by Crippen LogP contribution is -2.48. The van der Waals surface area contributed by atoms with E-state index >= 15 is 0 Å². The lowest BCUT2D eigenvalue weighted by molar-refractivity contribution is 0.246. The summed E-state index contributed by atoms with van der Waals surface area (Å²) in [5.41, 5.74) is 1.98. The Kier molecular flexibility index (Phi) is 5.22. The fourth-order valence-corrected chi connectivity index (χ4v) is 5.86. The number of likely N-dealkylation sites (N-methyl/N-ethyl adjacent to an activating group) is 1. The van der Waals surface area contributed by atoms with Crippen LogP contribution < -0.4 is 16.1 Å². The number of anilines is 1. The Morgan fingerprint density at radius 2 is 1.77 bits per heavy atom. The highest BCUT2D eigenvalue weighted by atomic mass is 32.1. The smallest absolute Gasteiger partial charge is 0.329 e. The molecule has 0 atom stereocenters. The third kappa shape index (κ3) is 3.59. The van der Waals surface area contributed by atoms with E-state index in [4.69, 9.17) is 0 Å². The molecule has 2 aromatic heterocycles. The number of hydrogen-bond acceptors (Lipinski definition) is 6. The van der Waals surface area contributed by atoms with Crippen molar-refractivity contribution in [3.63, 3.8) is 0 Å². The molecule has 4 heterocycles. The highest BCUT2D eigenvalue weighted by molar-refractivity contribution is 7.18. The van der Waals surface area contributed by atoms with E-state index < -0.39 is 0 Å². The van der Waals surface area contributed by atoms with Gasteiger partial charge in [0.25, 0.3) is 5.56 Å². The molecule has 0 aliphatic carbocycles. The van der Waals surface area contributed by atoms with Crippen LogP contribution in [0.2, 0.25) is 0 Å². The van der Waals surface area contributed by atoms with Crippen LogP contribution in [0.25, 0.3) is 10.2 Å². The molecular weight excluding hydrogens is 398 g/mol. The normalized spacial score (nSPS) is 18.1. The molecule has 0 unspecified atom stereocenters. The van der Waals surface area contributed by atoms with Crippen LogP contribution in [0.1, 0.15) is 10.4 Å². The van der Waals surface area contributed by atoms with Gasteiger partial charge in [0.1, 0.15) is 4.83 Å². The largest absolute Gasteiger partial charge is 0.369 e. The van der Waals surface area contributed by atoms with Gasteiger partial charge in [0, 0.05) is 62.9 Å². The quantitative estimate of drug-likeness (QED) is 0.687. The number of aromatic nitrogens is 2. The lowest BCUT2D eigenvalue weighted by Gasteiger charge is -2.36. The first kappa shape index (κ1) is 19.5. The number of para-hydroxylation sites is 1. The van der Waals surface area contributed by atoms with Gasteiger partial charge >= 0.3 is 5.69 Å². The summed E-state index contributed by atoms with van der Waals surface area (Å²) >= 11 is 1.56. The molecule has 7 nitrogen and oxygen atoms in total. The SMILES string of the molecule is CN1CCc2c(sc3[nH]c(=O)n(CCN4CCN(c5ccccc5)CC4)c(=O)c23)C1. The number of aromatic amines is 1. The minimum atomic E-state index is -0.289. The third-order valence-electron chi connectivity index (χ3n) is 6.31. The first-order valence-corrected chi connectivity index (χ1v) is 11.4. The molecule has 5 rings (SSSR count). The first-order chi connectivity index (χ1) is 14.6. The molecule has 0 radical (unpaired) electrons. The topological polar surface area (TPSA) is 64.6 Å². The Labute approximate surface area is 179 Å². The highest BCUT2D eigenvalue weighted by Gasteiger charge is 2.23. The second-order valence-electron chi connectivity index (χ2n) is 8.25. The summed E-state index contributed by atoms with van der Waals surface area (Å²) in [6.07, 6.45) is 0.870. The molecule has 3 aromatic rings. The standard InChI is InChI=1S/C22H27N5O2S/c1-24-8-7-17-18(15-24)30-20-19(17)21(28)27(22(29)23-20)14-11-25-9-12-26(13-10-25)16-5-3-2-4-6-16/h2-6H,7-15H2,1H3,(H,23,29). The molecule has 158 valence electrons. The van der Waals surface area contributed by atoms with Crippen molar-refractivity contribution in [1.82, 2.24) is 19.4 Å². The Morgan fingerprint density at radius 3 is 2.53 bits per heavy atom. The van der Waals surface area contributed by atoms with Gasteiger partial charge in [-0.1, -0.05) is 18.2 Å². The molecule has 1 saturated heterocycles. The van der Waals surface area contributed by atoms with Crippen molar-refractivity contribution in [2.75, 3.05) is 51.2 Å². The van der Waals surface area contributed by atoms with Crippen LogP contribution in [-0.2, 0) is 19.5 Å². The van der Waals surface area contributed by atoms with Gasteiger partial charge in [-0.3, -0.25) is 19.2 Å². The van der Waals surface area contributed by atoms with Crippen molar-refractivity contribution in [3.8, 4) is 0 Å². The molecule has 0 bridgehead atoms. The summed E-state index contributed by atoms with van der Waals surface area (Å²) < 4.78 is 1.40. The summed E-state index contributed by atoms with van der Waals surface area (Å²) in [5.74, 6) is 0. The summed E-state index contributed by atoms with van der Waals surface area (Å²) in [7, 11) is 2.09. The van der Waals surface area contributed by atoms with Gasteiger partial charge in [0.05, 0.1) is 5.39 Å². The zero-order valence-corrected chi connectivity index (χ0v) is 18.1. The predicted molar refractivity (Wildman–Crippen MR) is 122 cm³/mol. The van der Waals surface area contributed by atoms with Gasteiger partial charge in [-0.15, -0.1) is 11.3 Å². The maximum Gasteiger partial charge on any atom is 0.329 e. The van der Waals surface area contributed by atoms with E-state index in [2.05, 4.69) is 51.0 Å². The second kappa shape index (κ2) is 8.02. The number of fused-ring (bicyclic) bond motifs is 3. The summed E-state index contributed by atoms with van der Waals surface area (Å²) in [4.78, 5) is 37.7. The summed E-state index contributed by atoms with van der Waals surface area (Å²) in [6, 6.07) is 10.5.